The number of hydrogen-bond donors (Lipinski definition) is 0. The lowest BCUT2D eigenvalue weighted by atomic mass is 10.3. The van der Waals surface area contributed by atoms with Crippen molar-refractivity contribution in [3.63, 3.8) is 0 Å². The van der Waals surface area contributed by atoms with Crippen LogP contribution in [0.15, 0.2) is 41.4 Å². The predicted octanol–water partition coefficient (Wildman–Crippen LogP) is 1.19. The van der Waals surface area contributed by atoms with Crippen molar-refractivity contribution in [2.75, 3.05) is 50.1 Å². The number of hydrogen-bond acceptors (Lipinski definition) is 6. The van der Waals surface area contributed by atoms with Gasteiger partial charge in [-0.25, -0.2) is 17.8 Å². The molecule has 0 N–H and O–H groups in total. The van der Waals surface area contributed by atoms with Gasteiger partial charge >= 0.3 is 0 Å². The van der Waals surface area contributed by atoms with Crippen molar-refractivity contribution in [3.05, 3.63) is 42.3 Å². The van der Waals surface area contributed by atoms with E-state index in [1.807, 2.05) is 30.0 Å². The van der Waals surface area contributed by atoms with E-state index in [9.17, 15) is 12.8 Å². The molecule has 0 saturated carbocycles. The molecule has 134 valence electrons. The van der Waals surface area contributed by atoms with Gasteiger partial charge in [0.2, 0.25) is 16.0 Å². The Morgan fingerprint density at radius 2 is 1.68 bits per heavy atom. The number of piperazine rings is 1. The SMILES string of the molecule is CN(C)c1ccnc(N2CCN(S(=O)(=O)c3ccc(F)cc3)CC2)n1. The Kier molecular flexibility index (Phi) is 4.87. The van der Waals surface area contributed by atoms with E-state index in [0.717, 1.165) is 18.0 Å². The van der Waals surface area contributed by atoms with Crippen molar-refractivity contribution < 1.29 is 12.8 Å². The first-order valence-corrected chi connectivity index (χ1v) is 9.33. The van der Waals surface area contributed by atoms with Crippen LogP contribution in [0.1, 0.15) is 0 Å². The summed E-state index contributed by atoms with van der Waals surface area (Å²) in [6, 6.07) is 6.72. The maximum Gasteiger partial charge on any atom is 0.243 e. The van der Waals surface area contributed by atoms with Crippen LogP contribution >= 0.6 is 0 Å². The van der Waals surface area contributed by atoms with E-state index in [0.29, 0.717) is 32.1 Å². The molecule has 1 saturated heterocycles. The van der Waals surface area contributed by atoms with E-state index in [2.05, 4.69) is 9.97 Å². The van der Waals surface area contributed by atoms with Crippen molar-refractivity contribution in [1.82, 2.24) is 14.3 Å². The smallest absolute Gasteiger partial charge is 0.243 e. The monoisotopic (exact) mass is 365 g/mol. The summed E-state index contributed by atoms with van der Waals surface area (Å²) in [5.74, 6) is 0.929. The van der Waals surface area contributed by atoms with Gasteiger partial charge in [-0.1, -0.05) is 0 Å². The minimum absolute atomic E-state index is 0.105. The fraction of sp³-hybridized carbons (Fsp3) is 0.375. The lowest BCUT2D eigenvalue weighted by molar-refractivity contribution is 0.382. The zero-order valence-corrected chi connectivity index (χ0v) is 14.9. The first-order chi connectivity index (χ1) is 11.9. The fourth-order valence-electron chi connectivity index (χ4n) is 2.62. The molecule has 0 bridgehead atoms. The second kappa shape index (κ2) is 6.93. The highest BCUT2D eigenvalue weighted by atomic mass is 32.2. The standard InChI is InChI=1S/C16H20FN5O2S/c1-20(2)15-7-8-18-16(19-15)21-9-11-22(12-10-21)25(23,24)14-5-3-13(17)4-6-14/h3-8H,9-12H2,1-2H3. The Morgan fingerprint density at radius 3 is 2.28 bits per heavy atom. The topological polar surface area (TPSA) is 69.6 Å². The average Bonchev–Trinajstić information content (AvgIpc) is 2.62. The number of sulfonamides is 1. The lowest BCUT2D eigenvalue weighted by Gasteiger charge is -2.34. The summed E-state index contributed by atoms with van der Waals surface area (Å²) in [6.07, 6.45) is 1.69. The van der Waals surface area contributed by atoms with Crippen LogP contribution in [0.2, 0.25) is 0 Å². The quantitative estimate of drug-likeness (QED) is 0.811. The molecule has 7 nitrogen and oxygen atoms in total. The van der Waals surface area contributed by atoms with E-state index in [1.54, 1.807) is 6.20 Å². The maximum atomic E-state index is 13.0. The summed E-state index contributed by atoms with van der Waals surface area (Å²) in [4.78, 5) is 12.7. The van der Waals surface area contributed by atoms with Crippen LogP contribution in [0.5, 0.6) is 0 Å². The van der Waals surface area contributed by atoms with E-state index >= 15 is 0 Å². The Bertz CT molecular complexity index is 834. The molecule has 3 rings (SSSR count). The highest BCUT2D eigenvalue weighted by Crippen LogP contribution is 2.20. The molecule has 0 aliphatic carbocycles. The summed E-state index contributed by atoms with van der Waals surface area (Å²) in [5, 5.41) is 0. The molecule has 1 aromatic carbocycles. The number of nitrogens with zero attached hydrogens (tertiary/aromatic N) is 5. The van der Waals surface area contributed by atoms with Crippen LogP contribution in [-0.2, 0) is 10.0 Å². The number of anilines is 2. The zero-order valence-electron chi connectivity index (χ0n) is 14.1. The van der Waals surface area contributed by atoms with Crippen molar-refractivity contribution in [2.45, 2.75) is 4.90 Å². The summed E-state index contributed by atoms with van der Waals surface area (Å²) in [5.41, 5.74) is 0. The first kappa shape index (κ1) is 17.6. The molecule has 25 heavy (non-hydrogen) atoms. The largest absolute Gasteiger partial charge is 0.363 e. The molecule has 1 aromatic heterocycles. The highest BCUT2D eigenvalue weighted by Gasteiger charge is 2.29. The number of halogens is 1. The molecule has 0 unspecified atom stereocenters. The van der Waals surface area contributed by atoms with Gasteiger partial charge in [-0.15, -0.1) is 0 Å². The molecule has 0 amide bonds. The van der Waals surface area contributed by atoms with Crippen LogP contribution in [0, 0.1) is 5.82 Å². The molecule has 1 fully saturated rings. The van der Waals surface area contributed by atoms with Gasteiger partial charge in [0.15, 0.2) is 0 Å². The van der Waals surface area contributed by atoms with Crippen LogP contribution in [0.25, 0.3) is 0 Å². The zero-order chi connectivity index (χ0) is 18.0. The molecule has 1 aliphatic heterocycles. The fourth-order valence-corrected chi connectivity index (χ4v) is 4.05. The highest BCUT2D eigenvalue weighted by molar-refractivity contribution is 7.89. The number of rotatable bonds is 4. The Morgan fingerprint density at radius 1 is 1.04 bits per heavy atom. The van der Waals surface area contributed by atoms with Crippen LogP contribution in [0.4, 0.5) is 16.2 Å². The van der Waals surface area contributed by atoms with E-state index in [1.165, 1.54) is 16.4 Å². The van der Waals surface area contributed by atoms with E-state index in [4.69, 9.17) is 0 Å². The summed E-state index contributed by atoms with van der Waals surface area (Å²) in [7, 11) is 0.189. The number of benzene rings is 1. The normalized spacial score (nSPS) is 16.0. The van der Waals surface area contributed by atoms with Crippen molar-refractivity contribution in [3.8, 4) is 0 Å². The van der Waals surface area contributed by atoms with Gasteiger partial charge in [0.25, 0.3) is 0 Å². The lowest BCUT2D eigenvalue weighted by Crippen LogP contribution is -2.49. The summed E-state index contributed by atoms with van der Waals surface area (Å²) >= 11 is 0. The summed E-state index contributed by atoms with van der Waals surface area (Å²) < 4.78 is 39.7. The second-order valence-electron chi connectivity index (χ2n) is 5.95. The average molecular weight is 365 g/mol. The third kappa shape index (κ3) is 3.72. The van der Waals surface area contributed by atoms with Crippen LogP contribution in [-0.4, -0.2) is 63.0 Å². The minimum atomic E-state index is -3.62. The van der Waals surface area contributed by atoms with Crippen molar-refractivity contribution in [2.24, 2.45) is 0 Å². The van der Waals surface area contributed by atoms with Crippen molar-refractivity contribution >= 4 is 21.8 Å². The minimum Gasteiger partial charge on any atom is -0.363 e. The van der Waals surface area contributed by atoms with E-state index in [-0.39, 0.29) is 4.90 Å². The Hall–Kier alpha value is -2.26. The predicted molar refractivity (Wildman–Crippen MR) is 93.7 cm³/mol. The van der Waals surface area contributed by atoms with Crippen LogP contribution in [0.3, 0.4) is 0 Å². The third-order valence-electron chi connectivity index (χ3n) is 4.06. The molecular weight excluding hydrogens is 345 g/mol. The van der Waals surface area contributed by atoms with Gasteiger partial charge in [0, 0.05) is 46.5 Å². The van der Waals surface area contributed by atoms with Gasteiger partial charge < -0.3 is 9.80 Å². The Balaban J connectivity index is 1.71. The third-order valence-corrected chi connectivity index (χ3v) is 5.97. The first-order valence-electron chi connectivity index (χ1n) is 7.89. The van der Waals surface area contributed by atoms with Gasteiger partial charge in [0.05, 0.1) is 4.90 Å². The van der Waals surface area contributed by atoms with Gasteiger partial charge in [0.1, 0.15) is 11.6 Å². The van der Waals surface area contributed by atoms with Gasteiger partial charge in [-0.05, 0) is 30.3 Å². The second-order valence-corrected chi connectivity index (χ2v) is 7.89. The molecule has 2 aromatic rings. The molecular formula is C16H20FN5O2S. The molecule has 0 atom stereocenters. The van der Waals surface area contributed by atoms with E-state index < -0.39 is 15.8 Å². The summed E-state index contributed by atoms with van der Waals surface area (Å²) in [6.45, 7) is 1.65. The van der Waals surface area contributed by atoms with Crippen LogP contribution < -0.4 is 9.80 Å². The van der Waals surface area contributed by atoms with Gasteiger partial charge in [-0.3, -0.25) is 0 Å². The molecule has 2 heterocycles. The van der Waals surface area contributed by atoms with Crippen molar-refractivity contribution in [1.29, 1.82) is 0 Å². The number of aromatic nitrogens is 2. The van der Waals surface area contributed by atoms with Gasteiger partial charge in [-0.2, -0.15) is 9.29 Å². The maximum absolute atomic E-state index is 13.0. The molecule has 9 heteroatoms. The molecule has 1 aliphatic rings. The molecule has 0 spiro atoms. The Labute approximate surface area is 146 Å². The molecule has 0 radical (unpaired) electrons.